The van der Waals surface area contributed by atoms with Gasteiger partial charge in [-0.05, 0) is 39.2 Å². The van der Waals surface area contributed by atoms with E-state index < -0.39 is 23.7 Å². The van der Waals surface area contributed by atoms with Gasteiger partial charge < -0.3 is 9.84 Å². The van der Waals surface area contributed by atoms with Gasteiger partial charge in [-0.1, -0.05) is 30.3 Å². The number of carbonyl (C=O) groups is 2. The normalized spacial score (nSPS) is 22.1. The Kier molecular flexibility index (Phi) is 4.21. The molecule has 1 fully saturated rings. The van der Waals surface area contributed by atoms with Crippen molar-refractivity contribution in [1.82, 2.24) is 4.90 Å². The van der Waals surface area contributed by atoms with Crippen LogP contribution in [0.3, 0.4) is 0 Å². The van der Waals surface area contributed by atoms with E-state index in [-0.39, 0.29) is 6.04 Å². The lowest BCUT2D eigenvalue weighted by Crippen LogP contribution is -2.44. The van der Waals surface area contributed by atoms with Crippen molar-refractivity contribution in [1.29, 1.82) is 0 Å². The van der Waals surface area contributed by atoms with Crippen LogP contribution in [0.25, 0.3) is 0 Å². The number of carbonyl (C=O) groups excluding carboxylic acids is 1. The zero-order valence-electron chi connectivity index (χ0n) is 12.6. The fraction of sp³-hybridized carbons (Fsp3) is 0.500. The third kappa shape index (κ3) is 3.54. The predicted octanol–water partition coefficient (Wildman–Crippen LogP) is 3.21. The summed E-state index contributed by atoms with van der Waals surface area (Å²) >= 11 is 0. The first-order valence-electron chi connectivity index (χ1n) is 7.08. The number of likely N-dealkylation sites (tertiary alicyclic amines) is 1. The number of benzene rings is 1. The van der Waals surface area contributed by atoms with E-state index in [0.29, 0.717) is 12.8 Å². The van der Waals surface area contributed by atoms with Crippen LogP contribution in [0.5, 0.6) is 0 Å². The second kappa shape index (κ2) is 5.76. The lowest BCUT2D eigenvalue weighted by molar-refractivity contribution is -0.142. The maximum Gasteiger partial charge on any atom is 0.411 e. The van der Waals surface area contributed by atoms with Crippen molar-refractivity contribution in [3.8, 4) is 0 Å². The van der Waals surface area contributed by atoms with Crippen molar-refractivity contribution in [3.05, 3.63) is 35.9 Å². The second-order valence-corrected chi connectivity index (χ2v) is 6.25. The van der Waals surface area contributed by atoms with Gasteiger partial charge >= 0.3 is 12.1 Å². The van der Waals surface area contributed by atoms with Gasteiger partial charge in [0.05, 0.1) is 6.04 Å². The molecule has 5 heteroatoms. The molecule has 1 aliphatic rings. The summed E-state index contributed by atoms with van der Waals surface area (Å²) in [7, 11) is 0. The Morgan fingerprint density at radius 3 is 2.33 bits per heavy atom. The van der Waals surface area contributed by atoms with Crippen molar-refractivity contribution in [2.45, 2.75) is 51.3 Å². The number of rotatable bonds is 2. The SMILES string of the molecule is CC(C)(C)OC(=O)N1C(C(=O)O)CC[C@@H]1c1ccccc1. The molecule has 0 spiro atoms. The van der Waals surface area contributed by atoms with Gasteiger partial charge in [0.15, 0.2) is 0 Å². The van der Waals surface area contributed by atoms with Crippen LogP contribution in [-0.4, -0.2) is 33.7 Å². The predicted molar refractivity (Wildman–Crippen MR) is 77.9 cm³/mol. The molecule has 0 radical (unpaired) electrons. The summed E-state index contributed by atoms with van der Waals surface area (Å²) in [6, 6.07) is 8.41. The fourth-order valence-electron chi connectivity index (χ4n) is 2.63. The molecule has 1 saturated heterocycles. The van der Waals surface area contributed by atoms with Crippen molar-refractivity contribution in [2.24, 2.45) is 0 Å². The molecule has 1 aromatic rings. The fourth-order valence-corrected chi connectivity index (χ4v) is 2.63. The van der Waals surface area contributed by atoms with E-state index in [1.807, 2.05) is 30.3 Å². The molecule has 0 saturated carbocycles. The van der Waals surface area contributed by atoms with Gasteiger partial charge in [-0.15, -0.1) is 0 Å². The molecule has 0 bridgehead atoms. The van der Waals surface area contributed by atoms with Crippen molar-refractivity contribution >= 4 is 12.1 Å². The van der Waals surface area contributed by atoms with Crippen LogP contribution in [0.2, 0.25) is 0 Å². The first-order valence-corrected chi connectivity index (χ1v) is 7.08. The molecule has 1 aliphatic heterocycles. The monoisotopic (exact) mass is 291 g/mol. The molecule has 0 aliphatic carbocycles. The molecule has 1 N–H and O–H groups in total. The van der Waals surface area contributed by atoms with Crippen LogP contribution in [-0.2, 0) is 9.53 Å². The summed E-state index contributed by atoms with van der Waals surface area (Å²) in [4.78, 5) is 25.2. The molecule has 1 unspecified atom stereocenters. The third-order valence-corrected chi connectivity index (χ3v) is 3.46. The highest BCUT2D eigenvalue weighted by atomic mass is 16.6. The van der Waals surface area contributed by atoms with Crippen molar-refractivity contribution < 1.29 is 19.4 Å². The summed E-state index contributed by atoms with van der Waals surface area (Å²) in [5, 5.41) is 9.35. The molecule has 2 atom stereocenters. The van der Waals surface area contributed by atoms with Gasteiger partial charge in [0.1, 0.15) is 11.6 Å². The lowest BCUT2D eigenvalue weighted by Gasteiger charge is -2.31. The Hall–Kier alpha value is -2.04. The highest BCUT2D eigenvalue weighted by molar-refractivity contribution is 5.81. The number of amides is 1. The average Bonchev–Trinajstić information content (AvgIpc) is 2.82. The zero-order chi connectivity index (χ0) is 15.6. The van der Waals surface area contributed by atoms with Gasteiger partial charge in [-0.3, -0.25) is 4.90 Å². The summed E-state index contributed by atoms with van der Waals surface area (Å²) in [5.74, 6) is -0.987. The van der Waals surface area contributed by atoms with E-state index in [4.69, 9.17) is 4.74 Å². The second-order valence-electron chi connectivity index (χ2n) is 6.25. The Bertz CT molecular complexity index is 521. The Morgan fingerprint density at radius 1 is 1.19 bits per heavy atom. The standard InChI is InChI=1S/C16H21NO4/c1-16(2,3)21-15(20)17-12(9-10-13(17)14(18)19)11-7-5-4-6-8-11/h4-8,12-13H,9-10H2,1-3H3,(H,18,19)/t12-,13?/m1/s1. The van der Waals surface area contributed by atoms with E-state index in [9.17, 15) is 14.7 Å². The molecular weight excluding hydrogens is 270 g/mol. The van der Waals surface area contributed by atoms with E-state index >= 15 is 0 Å². The summed E-state index contributed by atoms with van der Waals surface area (Å²) in [6.07, 6.45) is 0.496. The molecule has 21 heavy (non-hydrogen) atoms. The summed E-state index contributed by atoms with van der Waals surface area (Å²) < 4.78 is 5.38. The van der Waals surface area contributed by atoms with Gasteiger partial charge in [0, 0.05) is 0 Å². The largest absolute Gasteiger partial charge is 0.480 e. The smallest absolute Gasteiger partial charge is 0.411 e. The molecule has 114 valence electrons. The molecule has 5 nitrogen and oxygen atoms in total. The Labute approximate surface area is 124 Å². The van der Waals surface area contributed by atoms with E-state index in [2.05, 4.69) is 0 Å². The van der Waals surface area contributed by atoms with E-state index in [0.717, 1.165) is 5.56 Å². The highest BCUT2D eigenvalue weighted by Gasteiger charge is 2.43. The number of hydrogen-bond donors (Lipinski definition) is 1. The van der Waals surface area contributed by atoms with Crippen molar-refractivity contribution in [3.63, 3.8) is 0 Å². The minimum absolute atomic E-state index is 0.248. The summed E-state index contributed by atoms with van der Waals surface area (Å²) in [6.45, 7) is 5.32. The van der Waals surface area contributed by atoms with Gasteiger partial charge in [-0.2, -0.15) is 0 Å². The number of carboxylic acid groups (broad SMARTS) is 1. The maximum absolute atomic E-state index is 12.4. The Morgan fingerprint density at radius 2 is 1.81 bits per heavy atom. The van der Waals surface area contributed by atoms with Crippen LogP contribution in [0.1, 0.15) is 45.2 Å². The number of ether oxygens (including phenoxy) is 1. The minimum atomic E-state index is -0.987. The van der Waals surface area contributed by atoms with Crippen molar-refractivity contribution in [2.75, 3.05) is 0 Å². The van der Waals surface area contributed by atoms with Gasteiger partial charge in [-0.25, -0.2) is 9.59 Å². The third-order valence-electron chi connectivity index (χ3n) is 3.46. The highest BCUT2D eigenvalue weighted by Crippen LogP contribution is 2.37. The van der Waals surface area contributed by atoms with Gasteiger partial charge in [0.25, 0.3) is 0 Å². The first-order chi connectivity index (χ1) is 9.79. The number of carboxylic acids is 1. The lowest BCUT2D eigenvalue weighted by atomic mass is 10.1. The minimum Gasteiger partial charge on any atom is -0.480 e. The molecule has 1 aromatic carbocycles. The summed E-state index contributed by atoms with van der Waals surface area (Å²) in [5.41, 5.74) is 0.288. The van der Waals surface area contributed by atoms with Crippen LogP contribution in [0.15, 0.2) is 30.3 Å². The molecule has 1 heterocycles. The quantitative estimate of drug-likeness (QED) is 0.908. The van der Waals surface area contributed by atoms with Crippen LogP contribution in [0, 0.1) is 0 Å². The maximum atomic E-state index is 12.4. The van der Waals surface area contributed by atoms with Gasteiger partial charge in [0.2, 0.25) is 0 Å². The van der Waals surface area contributed by atoms with E-state index in [1.165, 1.54) is 4.90 Å². The zero-order valence-corrected chi connectivity index (χ0v) is 12.6. The van der Waals surface area contributed by atoms with E-state index in [1.54, 1.807) is 20.8 Å². The number of nitrogens with zero attached hydrogens (tertiary/aromatic N) is 1. The van der Waals surface area contributed by atoms with Crippen LogP contribution >= 0.6 is 0 Å². The first kappa shape index (κ1) is 15.4. The molecule has 1 amide bonds. The van der Waals surface area contributed by atoms with Crippen LogP contribution < -0.4 is 0 Å². The average molecular weight is 291 g/mol. The molecule has 0 aromatic heterocycles. The van der Waals surface area contributed by atoms with Crippen LogP contribution in [0.4, 0.5) is 4.79 Å². The number of hydrogen-bond acceptors (Lipinski definition) is 3. The number of aliphatic carboxylic acids is 1. The molecular formula is C16H21NO4. The Balaban J connectivity index is 2.29. The topological polar surface area (TPSA) is 66.8 Å². The molecule has 2 rings (SSSR count).